The van der Waals surface area contributed by atoms with Crippen LogP contribution >= 0.6 is 0 Å². The van der Waals surface area contributed by atoms with Crippen molar-refractivity contribution in [2.75, 3.05) is 26.2 Å². The average molecular weight is 386 g/mol. The lowest BCUT2D eigenvalue weighted by atomic mass is 9.99. The lowest BCUT2D eigenvalue weighted by Crippen LogP contribution is -3.13. The van der Waals surface area contributed by atoms with Gasteiger partial charge in [-0.2, -0.15) is 0 Å². The first-order chi connectivity index (χ1) is 14.3. The number of piperazine rings is 1. The largest absolute Gasteiger partial charge is 0.328 e. The lowest BCUT2D eigenvalue weighted by Gasteiger charge is -2.32. The number of rotatable bonds is 6. The smallest absolute Gasteiger partial charge is 0.254 e. The first-order valence-electron chi connectivity index (χ1n) is 10.6. The van der Waals surface area contributed by atoms with E-state index < -0.39 is 0 Å². The van der Waals surface area contributed by atoms with E-state index >= 15 is 0 Å². The Bertz CT molecular complexity index is 916. The van der Waals surface area contributed by atoms with Gasteiger partial charge in [-0.3, -0.25) is 4.79 Å². The van der Waals surface area contributed by atoms with Gasteiger partial charge in [0.2, 0.25) is 0 Å². The Morgan fingerprint density at radius 1 is 0.724 bits per heavy atom. The van der Waals surface area contributed by atoms with Crippen molar-refractivity contribution in [1.29, 1.82) is 0 Å². The maximum atomic E-state index is 13.2. The van der Waals surface area contributed by atoms with Crippen molar-refractivity contribution in [2.24, 2.45) is 0 Å². The van der Waals surface area contributed by atoms with Crippen LogP contribution in [0.25, 0.3) is 0 Å². The van der Waals surface area contributed by atoms with E-state index in [1.807, 2.05) is 29.2 Å². The van der Waals surface area contributed by atoms with E-state index in [0.29, 0.717) is 0 Å². The number of carbonyl (C=O) groups excluding carboxylic acids is 1. The Balaban J connectivity index is 1.36. The summed E-state index contributed by atoms with van der Waals surface area (Å²) in [5.74, 6) is 0.187. The van der Waals surface area contributed by atoms with Crippen LogP contribution in [0.3, 0.4) is 0 Å². The Morgan fingerprint density at radius 3 is 2.00 bits per heavy atom. The molecule has 0 atom stereocenters. The number of hydrogen-bond acceptors (Lipinski definition) is 1. The topological polar surface area (TPSA) is 24.8 Å². The van der Waals surface area contributed by atoms with Gasteiger partial charge in [0.15, 0.2) is 0 Å². The number of nitrogens with one attached hydrogen (secondary N) is 1. The molecular formula is C26H29N2O+. The SMILES string of the molecule is O=C(c1ccccc1CCc1ccccc1)N1CC[NH+](Cc2ccccc2)CC1. The second-order valence-electron chi connectivity index (χ2n) is 7.85. The molecule has 1 heterocycles. The molecule has 1 fully saturated rings. The van der Waals surface area contributed by atoms with Gasteiger partial charge in [-0.15, -0.1) is 0 Å². The Hall–Kier alpha value is -2.91. The third-order valence-corrected chi connectivity index (χ3v) is 5.83. The van der Waals surface area contributed by atoms with E-state index in [0.717, 1.165) is 56.7 Å². The quantitative estimate of drug-likeness (QED) is 0.693. The summed E-state index contributed by atoms with van der Waals surface area (Å²) in [5, 5.41) is 0. The highest BCUT2D eigenvalue weighted by molar-refractivity contribution is 5.95. The number of aryl methyl sites for hydroxylation is 2. The van der Waals surface area contributed by atoms with Gasteiger partial charge in [-0.1, -0.05) is 78.9 Å². The first kappa shape index (κ1) is 19.4. The van der Waals surface area contributed by atoms with Crippen LogP contribution in [0, 0.1) is 0 Å². The van der Waals surface area contributed by atoms with Crippen LogP contribution in [-0.2, 0) is 19.4 Å². The molecule has 0 aromatic heterocycles. The summed E-state index contributed by atoms with van der Waals surface area (Å²) in [7, 11) is 0. The van der Waals surface area contributed by atoms with Crippen molar-refractivity contribution in [1.82, 2.24) is 4.90 Å². The molecule has 0 spiro atoms. The lowest BCUT2D eigenvalue weighted by molar-refractivity contribution is -0.917. The second kappa shape index (κ2) is 9.53. The molecule has 3 heteroatoms. The molecule has 0 bridgehead atoms. The van der Waals surface area contributed by atoms with Crippen molar-refractivity contribution >= 4 is 5.91 Å². The zero-order chi connectivity index (χ0) is 19.9. The maximum Gasteiger partial charge on any atom is 0.254 e. The van der Waals surface area contributed by atoms with Crippen molar-refractivity contribution in [3.05, 3.63) is 107 Å². The Kier molecular flexibility index (Phi) is 6.38. The molecule has 29 heavy (non-hydrogen) atoms. The van der Waals surface area contributed by atoms with Crippen molar-refractivity contribution in [3.63, 3.8) is 0 Å². The molecule has 1 aliphatic rings. The normalized spacial score (nSPS) is 14.7. The van der Waals surface area contributed by atoms with Gasteiger partial charge in [-0.25, -0.2) is 0 Å². The van der Waals surface area contributed by atoms with Crippen LogP contribution in [0.2, 0.25) is 0 Å². The third-order valence-electron chi connectivity index (χ3n) is 5.83. The van der Waals surface area contributed by atoms with Gasteiger partial charge >= 0.3 is 0 Å². The van der Waals surface area contributed by atoms with Crippen molar-refractivity contribution < 1.29 is 9.69 Å². The van der Waals surface area contributed by atoms with Crippen molar-refractivity contribution in [2.45, 2.75) is 19.4 Å². The molecule has 1 aliphatic heterocycles. The Morgan fingerprint density at radius 2 is 1.31 bits per heavy atom. The molecule has 3 aromatic carbocycles. The molecule has 0 unspecified atom stereocenters. The Labute approximate surface area is 173 Å². The predicted molar refractivity (Wildman–Crippen MR) is 117 cm³/mol. The minimum atomic E-state index is 0.187. The highest BCUT2D eigenvalue weighted by atomic mass is 16.2. The number of nitrogens with zero attached hydrogens (tertiary/aromatic N) is 1. The van der Waals surface area contributed by atoms with Gasteiger partial charge in [0.1, 0.15) is 6.54 Å². The fraction of sp³-hybridized carbons (Fsp3) is 0.269. The summed E-state index contributed by atoms with van der Waals surface area (Å²) in [6, 6.07) is 29.2. The van der Waals surface area contributed by atoms with E-state index in [2.05, 4.69) is 60.7 Å². The molecule has 0 radical (unpaired) electrons. The standard InChI is InChI=1S/C26H28N2O/c29-26(28-19-17-27(18-20-28)21-23-11-5-2-6-12-23)25-14-8-7-13-24(25)16-15-22-9-3-1-4-10-22/h1-14H,15-21H2/p+1. The molecular weight excluding hydrogens is 356 g/mol. The van der Waals surface area contributed by atoms with Crippen LogP contribution in [0.15, 0.2) is 84.9 Å². The predicted octanol–water partition coefficient (Wildman–Crippen LogP) is 3.01. The summed E-state index contributed by atoms with van der Waals surface area (Å²) in [6.07, 6.45) is 1.85. The molecule has 1 amide bonds. The second-order valence-corrected chi connectivity index (χ2v) is 7.85. The van der Waals surface area contributed by atoms with Crippen LogP contribution in [0.1, 0.15) is 27.0 Å². The molecule has 3 nitrogen and oxygen atoms in total. The third kappa shape index (κ3) is 5.12. The zero-order valence-corrected chi connectivity index (χ0v) is 16.9. The first-order valence-corrected chi connectivity index (χ1v) is 10.6. The highest BCUT2D eigenvalue weighted by Crippen LogP contribution is 2.15. The summed E-state index contributed by atoms with van der Waals surface area (Å²) >= 11 is 0. The van der Waals surface area contributed by atoms with E-state index in [-0.39, 0.29) is 5.91 Å². The molecule has 4 rings (SSSR count). The molecule has 1 saturated heterocycles. The van der Waals surface area contributed by atoms with Crippen LogP contribution in [-0.4, -0.2) is 37.0 Å². The highest BCUT2D eigenvalue weighted by Gasteiger charge is 2.25. The molecule has 0 saturated carbocycles. The summed E-state index contributed by atoms with van der Waals surface area (Å²) in [6.45, 7) is 4.71. The van der Waals surface area contributed by atoms with Crippen molar-refractivity contribution in [3.8, 4) is 0 Å². The number of hydrogen-bond donors (Lipinski definition) is 1. The summed E-state index contributed by atoms with van der Waals surface area (Å²) in [4.78, 5) is 16.8. The minimum absolute atomic E-state index is 0.187. The molecule has 148 valence electrons. The van der Waals surface area contributed by atoms with Crippen LogP contribution < -0.4 is 4.90 Å². The van der Waals surface area contributed by atoms with E-state index in [9.17, 15) is 4.79 Å². The number of amides is 1. The van der Waals surface area contributed by atoms with Gasteiger partial charge in [0, 0.05) is 11.1 Å². The fourth-order valence-electron chi connectivity index (χ4n) is 4.13. The fourth-order valence-corrected chi connectivity index (χ4v) is 4.13. The van der Waals surface area contributed by atoms with Gasteiger partial charge in [0.05, 0.1) is 26.2 Å². The molecule has 1 N–H and O–H groups in total. The van der Waals surface area contributed by atoms with E-state index in [4.69, 9.17) is 0 Å². The van der Waals surface area contributed by atoms with Gasteiger partial charge in [-0.05, 0) is 30.0 Å². The monoisotopic (exact) mass is 385 g/mol. The van der Waals surface area contributed by atoms with Crippen LogP contribution in [0.5, 0.6) is 0 Å². The van der Waals surface area contributed by atoms with Gasteiger partial charge in [0.25, 0.3) is 5.91 Å². The number of carbonyl (C=O) groups is 1. The average Bonchev–Trinajstić information content (AvgIpc) is 2.79. The molecule has 0 aliphatic carbocycles. The number of benzene rings is 3. The summed E-state index contributed by atoms with van der Waals surface area (Å²) in [5.41, 5.74) is 4.71. The zero-order valence-electron chi connectivity index (χ0n) is 16.9. The van der Waals surface area contributed by atoms with E-state index in [1.54, 1.807) is 4.90 Å². The van der Waals surface area contributed by atoms with E-state index in [1.165, 1.54) is 11.1 Å². The van der Waals surface area contributed by atoms with Gasteiger partial charge < -0.3 is 9.80 Å². The maximum absolute atomic E-state index is 13.2. The minimum Gasteiger partial charge on any atom is -0.328 e. The number of quaternary nitrogens is 1. The summed E-state index contributed by atoms with van der Waals surface area (Å²) < 4.78 is 0. The van der Waals surface area contributed by atoms with Crippen LogP contribution in [0.4, 0.5) is 0 Å². The molecule has 3 aromatic rings.